The molecule has 0 saturated carbocycles. The van der Waals surface area contributed by atoms with Crippen LogP contribution >= 0.6 is 0 Å². The third kappa shape index (κ3) is 7.71. The second-order valence-electron chi connectivity index (χ2n) is 9.12. The van der Waals surface area contributed by atoms with Crippen molar-refractivity contribution < 1.29 is 42.8 Å². The van der Waals surface area contributed by atoms with Gasteiger partial charge in [-0.2, -0.15) is 9.37 Å². The quantitative estimate of drug-likeness (QED) is 0.187. The minimum atomic E-state index is -3.93. The van der Waals surface area contributed by atoms with E-state index < -0.39 is 22.2 Å². The van der Waals surface area contributed by atoms with E-state index in [9.17, 15) is 23.5 Å². The summed E-state index contributed by atoms with van der Waals surface area (Å²) in [5, 5.41) is 28.8. The van der Waals surface area contributed by atoms with E-state index in [2.05, 4.69) is 0 Å². The Hall–Kier alpha value is -3.06. The number of rotatable bonds is 14. The van der Waals surface area contributed by atoms with E-state index in [-0.39, 0.29) is 55.2 Å². The van der Waals surface area contributed by atoms with E-state index in [4.69, 9.17) is 19.3 Å². The fourth-order valence-electron chi connectivity index (χ4n) is 3.91. The van der Waals surface area contributed by atoms with Gasteiger partial charge in [-0.3, -0.25) is 5.21 Å². The van der Waals surface area contributed by atoms with Gasteiger partial charge in [-0.1, -0.05) is 26.0 Å². The monoisotopic (exact) mass is 538 g/mol. The van der Waals surface area contributed by atoms with Crippen molar-refractivity contribution in [2.24, 2.45) is 5.92 Å². The summed E-state index contributed by atoms with van der Waals surface area (Å²) in [6.45, 7) is 4.39. The second-order valence-corrected chi connectivity index (χ2v) is 11.1. The molecule has 0 saturated heterocycles. The van der Waals surface area contributed by atoms with Crippen LogP contribution in [0.25, 0.3) is 0 Å². The van der Waals surface area contributed by atoms with Crippen LogP contribution in [0.2, 0.25) is 0 Å². The highest BCUT2D eigenvalue weighted by Gasteiger charge is 2.30. The molecule has 37 heavy (non-hydrogen) atoms. The number of benzene rings is 2. The van der Waals surface area contributed by atoms with Gasteiger partial charge in [0, 0.05) is 32.2 Å². The predicted molar refractivity (Wildman–Crippen MR) is 134 cm³/mol. The van der Waals surface area contributed by atoms with Gasteiger partial charge in [0.05, 0.1) is 17.5 Å². The Morgan fingerprint density at radius 3 is 2.46 bits per heavy atom. The summed E-state index contributed by atoms with van der Waals surface area (Å²) in [5.41, 5.74) is 0.744. The molecule has 0 radical (unpaired) electrons. The summed E-state index contributed by atoms with van der Waals surface area (Å²) < 4.78 is 44.4. The lowest BCUT2D eigenvalue weighted by Gasteiger charge is -2.28. The zero-order valence-corrected chi connectivity index (χ0v) is 21.8. The van der Waals surface area contributed by atoms with Crippen molar-refractivity contribution in [3.63, 3.8) is 0 Å². The number of sulfonamides is 1. The van der Waals surface area contributed by atoms with Crippen LogP contribution in [0, 0.1) is 5.92 Å². The Balaban J connectivity index is 1.75. The number of hydrogen-bond acceptors (Lipinski definition) is 8. The summed E-state index contributed by atoms with van der Waals surface area (Å²) in [5.74, 6) is 1.42. The van der Waals surface area contributed by atoms with Gasteiger partial charge in [-0.05, 0) is 48.6 Å². The van der Waals surface area contributed by atoms with Crippen LogP contribution in [0.5, 0.6) is 17.2 Å². The summed E-state index contributed by atoms with van der Waals surface area (Å²) in [4.78, 5) is 11.6. The molecule has 1 amide bonds. The number of ether oxygens (including phenoxy) is 3. The standard InChI is InChI=1S/C25H34N2O9S/c1-18(2)16-26(37(32,33)22-8-9-23-24(15-22)36-17-35-23)11-10-20(27(31)25(29)30)14-19-4-6-21(7-5-19)34-13-3-12-28/h4-9,15,18,20,28,31H,3,10-14,16-17H2,1-2H3,(H,29,30). The van der Waals surface area contributed by atoms with Crippen molar-refractivity contribution in [3.8, 4) is 17.2 Å². The molecule has 0 fully saturated rings. The first-order valence-corrected chi connectivity index (χ1v) is 13.5. The molecule has 1 atom stereocenters. The molecule has 204 valence electrons. The van der Waals surface area contributed by atoms with Gasteiger partial charge in [0.2, 0.25) is 16.8 Å². The van der Waals surface area contributed by atoms with E-state index in [1.807, 2.05) is 13.8 Å². The largest absolute Gasteiger partial charge is 0.494 e. The SMILES string of the molecule is CC(C)CN(CCC(Cc1ccc(OCCCO)cc1)N(O)C(=O)O)S(=O)(=O)c1ccc2c(c1)OCO2. The molecule has 11 nitrogen and oxygen atoms in total. The van der Waals surface area contributed by atoms with Crippen LogP contribution in [0.15, 0.2) is 47.4 Å². The maximum Gasteiger partial charge on any atom is 0.431 e. The van der Waals surface area contributed by atoms with Crippen molar-refractivity contribution in [1.82, 2.24) is 9.37 Å². The Morgan fingerprint density at radius 1 is 1.11 bits per heavy atom. The summed E-state index contributed by atoms with van der Waals surface area (Å²) in [6, 6.07) is 10.5. The number of hydrogen-bond donors (Lipinski definition) is 3. The van der Waals surface area contributed by atoms with Crippen molar-refractivity contribution >= 4 is 16.1 Å². The van der Waals surface area contributed by atoms with Gasteiger partial charge in [0.25, 0.3) is 0 Å². The van der Waals surface area contributed by atoms with Crippen LogP contribution in [0.4, 0.5) is 4.79 Å². The minimum Gasteiger partial charge on any atom is -0.494 e. The number of carbonyl (C=O) groups is 1. The number of aliphatic hydroxyl groups excluding tert-OH is 1. The van der Waals surface area contributed by atoms with E-state index >= 15 is 0 Å². The first kappa shape index (κ1) is 28.5. The summed E-state index contributed by atoms with van der Waals surface area (Å²) in [6.07, 6.45) is -0.792. The van der Waals surface area contributed by atoms with Crippen LogP contribution < -0.4 is 14.2 Å². The fourth-order valence-corrected chi connectivity index (χ4v) is 5.55. The Labute approximate surface area is 216 Å². The molecular formula is C25H34N2O9S. The lowest BCUT2D eigenvalue weighted by atomic mass is 10.0. The molecule has 0 spiro atoms. The van der Waals surface area contributed by atoms with Crippen LogP contribution in [-0.4, -0.2) is 78.4 Å². The molecule has 3 rings (SSSR count). The Kier molecular flexibility index (Phi) is 9.98. The lowest BCUT2D eigenvalue weighted by Crippen LogP contribution is -2.42. The molecule has 1 aliphatic rings. The molecule has 1 unspecified atom stereocenters. The number of fused-ring (bicyclic) bond motifs is 1. The molecular weight excluding hydrogens is 504 g/mol. The highest BCUT2D eigenvalue weighted by Crippen LogP contribution is 2.35. The van der Waals surface area contributed by atoms with Crippen LogP contribution in [0.1, 0.15) is 32.3 Å². The summed E-state index contributed by atoms with van der Waals surface area (Å²) in [7, 11) is -3.93. The molecule has 12 heteroatoms. The van der Waals surface area contributed by atoms with Gasteiger partial charge >= 0.3 is 6.09 Å². The van der Waals surface area contributed by atoms with Gasteiger partial charge in [-0.25, -0.2) is 13.2 Å². The maximum atomic E-state index is 13.5. The number of hydroxylamine groups is 2. The normalized spacial score (nSPS) is 13.7. The van der Waals surface area contributed by atoms with Crippen molar-refractivity contribution in [2.75, 3.05) is 33.1 Å². The third-order valence-corrected chi connectivity index (χ3v) is 7.63. The van der Waals surface area contributed by atoms with Gasteiger partial charge in [0.15, 0.2) is 11.5 Å². The van der Waals surface area contributed by atoms with E-state index in [1.165, 1.54) is 16.4 Å². The van der Waals surface area contributed by atoms with Crippen LogP contribution in [0.3, 0.4) is 0 Å². The minimum absolute atomic E-state index is 0.00492. The average molecular weight is 539 g/mol. The predicted octanol–water partition coefficient (Wildman–Crippen LogP) is 3.19. The molecule has 1 heterocycles. The molecule has 0 aromatic heterocycles. The summed E-state index contributed by atoms with van der Waals surface area (Å²) >= 11 is 0. The Bertz CT molecular complexity index is 1140. The van der Waals surface area contributed by atoms with Crippen molar-refractivity contribution in [2.45, 2.75) is 44.0 Å². The Morgan fingerprint density at radius 2 is 1.81 bits per heavy atom. The van der Waals surface area contributed by atoms with Crippen molar-refractivity contribution in [3.05, 3.63) is 48.0 Å². The van der Waals surface area contributed by atoms with Gasteiger partial charge in [0.1, 0.15) is 5.75 Å². The number of carboxylic acid groups (broad SMARTS) is 1. The van der Waals surface area contributed by atoms with Gasteiger partial charge in [-0.15, -0.1) is 0 Å². The lowest BCUT2D eigenvalue weighted by molar-refractivity contribution is -0.0984. The maximum absolute atomic E-state index is 13.5. The first-order chi connectivity index (χ1) is 17.6. The molecule has 0 bridgehead atoms. The van der Waals surface area contributed by atoms with E-state index in [0.717, 1.165) is 5.56 Å². The molecule has 0 aliphatic carbocycles. The topological polar surface area (TPSA) is 146 Å². The molecule has 1 aliphatic heterocycles. The fraction of sp³-hybridized carbons (Fsp3) is 0.480. The van der Waals surface area contributed by atoms with Crippen molar-refractivity contribution in [1.29, 1.82) is 0 Å². The van der Waals surface area contributed by atoms with Crippen LogP contribution in [-0.2, 0) is 16.4 Å². The zero-order chi connectivity index (χ0) is 27.0. The number of aliphatic hydroxyl groups is 1. The molecule has 3 N–H and O–H groups in total. The molecule has 2 aromatic rings. The van der Waals surface area contributed by atoms with Gasteiger partial charge < -0.3 is 24.4 Å². The number of nitrogens with zero attached hydrogens (tertiary/aromatic N) is 2. The first-order valence-electron chi connectivity index (χ1n) is 12.0. The highest BCUT2D eigenvalue weighted by atomic mass is 32.2. The zero-order valence-electron chi connectivity index (χ0n) is 20.9. The third-order valence-electron chi connectivity index (χ3n) is 5.77. The highest BCUT2D eigenvalue weighted by molar-refractivity contribution is 7.89. The second kappa shape index (κ2) is 13.0. The average Bonchev–Trinajstić information content (AvgIpc) is 3.34. The molecule has 2 aromatic carbocycles. The smallest absolute Gasteiger partial charge is 0.431 e. The van der Waals surface area contributed by atoms with E-state index in [0.29, 0.717) is 30.3 Å². The van der Waals surface area contributed by atoms with E-state index in [1.54, 1.807) is 30.3 Å². The number of amides is 1.